The molecule has 0 unspecified atom stereocenters. The van der Waals surface area contributed by atoms with E-state index in [1.165, 1.54) is 12.0 Å². The molecule has 0 heterocycles. The second-order valence-corrected chi connectivity index (χ2v) is 6.88. The largest absolute Gasteiger partial charge is 0.378 e. The third kappa shape index (κ3) is 3.26. The molecule has 1 aliphatic carbocycles. The van der Waals surface area contributed by atoms with Crippen molar-refractivity contribution >= 4 is 15.4 Å². The molecule has 2 rings (SSSR count). The van der Waals surface area contributed by atoms with Crippen LogP contribution in [-0.4, -0.2) is 33.7 Å². The van der Waals surface area contributed by atoms with Gasteiger partial charge in [-0.05, 0) is 42.2 Å². The van der Waals surface area contributed by atoms with E-state index in [-0.39, 0.29) is 0 Å². The van der Waals surface area contributed by atoms with E-state index in [0.29, 0.717) is 4.90 Å². The Morgan fingerprint density at radius 2 is 1.74 bits per heavy atom. The third-order valence-electron chi connectivity index (χ3n) is 3.10. The average Bonchev–Trinajstić information content (AvgIpc) is 2.38. The molecular formula is C15H18NO2S. The summed E-state index contributed by atoms with van der Waals surface area (Å²) in [7, 11) is 0.900. The Kier molecular flexibility index (Phi) is 3.80. The van der Waals surface area contributed by atoms with Crippen LogP contribution in [0.1, 0.15) is 12.0 Å². The third-order valence-corrected chi connectivity index (χ3v) is 4.23. The number of rotatable bonds is 3. The summed E-state index contributed by atoms with van der Waals surface area (Å²) in [5, 5.41) is 0. The Labute approximate surface area is 115 Å². The second kappa shape index (κ2) is 5.21. The molecule has 0 bridgehead atoms. The average molecular weight is 276 g/mol. The van der Waals surface area contributed by atoms with Crippen molar-refractivity contribution in [3.63, 3.8) is 0 Å². The van der Waals surface area contributed by atoms with Gasteiger partial charge in [-0.25, -0.2) is 8.42 Å². The Morgan fingerprint density at radius 3 is 2.26 bits per heavy atom. The minimum Gasteiger partial charge on any atom is -0.378 e. The molecule has 1 aromatic carbocycles. The fourth-order valence-electron chi connectivity index (χ4n) is 1.99. The van der Waals surface area contributed by atoms with Crippen molar-refractivity contribution in [2.24, 2.45) is 0 Å². The predicted octanol–water partition coefficient (Wildman–Crippen LogP) is 2.53. The monoisotopic (exact) mass is 276 g/mol. The lowest BCUT2D eigenvalue weighted by Gasteiger charge is -2.20. The molecule has 101 valence electrons. The Bertz CT molecular complexity index is 623. The van der Waals surface area contributed by atoms with Crippen LogP contribution in [0.5, 0.6) is 0 Å². The summed E-state index contributed by atoms with van der Waals surface area (Å²) in [6, 6.07) is 7.04. The SMILES string of the molecule is CN(C)C1=CC[CH]C(c2ccc(S(C)(=O)=O)cc2)=C1. The van der Waals surface area contributed by atoms with Crippen LogP contribution in [0.2, 0.25) is 0 Å². The molecule has 0 aliphatic heterocycles. The number of benzene rings is 1. The van der Waals surface area contributed by atoms with Crippen LogP contribution < -0.4 is 0 Å². The van der Waals surface area contributed by atoms with E-state index < -0.39 is 9.84 Å². The smallest absolute Gasteiger partial charge is 0.175 e. The molecule has 0 saturated carbocycles. The van der Waals surface area contributed by atoms with Gasteiger partial charge in [-0.1, -0.05) is 18.2 Å². The van der Waals surface area contributed by atoms with Crippen molar-refractivity contribution in [3.05, 3.63) is 54.1 Å². The maximum absolute atomic E-state index is 11.4. The van der Waals surface area contributed by atoms with Crippen LogP contribution in [0.3, 0.4) is 0 Å². The molecule has 4 heteroatoms. The van der Waals surface area contributed by atoms with Crippen molar-refractivity contribution in [2.75, 3.05) is 20.4 Å². The van der Waals surface area contributed by atoms with E-state index in [4.69, 9.17) is 0 Å². The van der Waals surface area contributed by atoms with Gasteiger partial charge >= 0.3 is 0 Å². The minimum absolute atomic E-state index is 0.357. The maximum atomic E-state index is 11.4. The predicted molar refractivity (Wildman–Crippen MR) is 78.2 cm³/mol. The van der Waals surface area contributed by atoms with Crippen molar-refractivity contribution < 1.29 is 8.42 Å². The van der Waals surface area contributed by atoms with Gasteiger partial charge < -0.3 is 4.90 Å². The maximum Gasteiger partial charge on any atom is 0.175 e. The van der Waals surface area contributed by atoms with Crippen LogP contribution in [0, 0.1) is 6.42 Å². The Morgan fingerprint density at radius 1 is 1.11 bits per heavy atom. The molecular weight excluding hydrogens is 258 g/mol. The van der Waals surface area contributed by atoms with Gasteiger partial charge in [-0.15, -0.1) is 0 Å². The number of sulfone groups is 1. The molecule has 0 amide bonds. The van der Waals surface area contributed by atoms with Gasteiger partial charge in [0.2, 0.25) is 0 Å². The van der Waals surface area contributed by atoms with Crippen LogP contribution in [0.4, 0.5) is 0 Å². The first kappa shape index (κ1) is 13.9. The molecule has 0 spiro atoms. The van der Waals surface area contributed by atoms with E-state index in [0.717, 1.165) is 17.6 Å². The van der Waals surface area contributed by atoms with Gasteiger partial charge in [0, 0.05) is 26.0 Å². The molecule has 1 aliphatic rings. The summed E-state index contributed by atoms with van der Waals surface area (Å²) in [4.78, 5) is 2.42. The van der Waals surface area contributed by atoms with E-state index >= 15 is 0 Å². The number of hydrogen-bond donors (Lipinski definition) is 0. The Hall–Kier alpha value is -1.55. The molecule has 0 aromatic heterocycles. The first-order valence-electron chi connectivity index (χ1n) is 6.11. The summed E-state index contributed by atoms with van der Waals surface area (Å²) in [5.41, 5.74) is 3.34. The van der Waals surface area contributed by atoms with E-state index in [9.17, 15) is 8.42 Å². The second-order valence-electron chi connectivity index (χ2n) is 4.86. The highest BCUT2D eigenvalue weighted by Gasteiger charge is 2.11. The van der Waals surface area contributed by atoms with Crippen LogP contribution in [0.15, 0.2) is 47.0 Å². The molecule has 3 nitrogen and oxygen atoms in total. The van der Waals surface area contributed by atoms with Gasteiger partial charge in [-0.2, -0.15) is 0 Å². The standard InChI is InChI=1S/C15H18NO2S/c1-16(2)14-6-4-5-13(11-14)12-7-9-15(10-8-12)19(3,17)18/h5-11H,4H2,1-3H3. The van der Waals surface area contributed by atoms with Crippen molar-refractivity contribution in [1.82, 2.24) is 4.90 Å². The molecule has 0 saturated heterocycles. The fourth-order valence-corrected chi connectivity index (χ4v) is 2.62. The van der Waals surface area contributed by atoms with Gasteiger partial charge in [-0.3, -0.25) is 0 Å². The molecule has 1 radical (unpaired) electrons. The van der Waals surface area contributed by atoms with E-state index in [1.54, 1.807) is 12.1 Å². The minimum atomic E-state index is -3.12. The number of likely N-dealkylation sites (N-methyl/N-ethyl adjacent to an activating group) is 1. The van der Waals surface area contributed by atoms with Crippen molar-refractivity contribution in [2.45, 2.75) is 11.3 Å². The number of allylic oxidation sites excluding steroid dienone is 3. The molecule has 0 N–H and O–H groups in total. The number of hydrogen-bond acceptors (Lipinski definition) is 3. The molecule has 19 heavy (non-hydrogen) atoms. The first-order valence-corrected chi connectivity index (χ1v) is 8.00. The zero-order chi connectivity index (χ0) is 14.0. The molecule has 0 atom stereocenters. The van der Waals surface area contributed by atoms with Crippen molar-refractivity contribution in [1.29, 1.82) is 0 Å². The highest BCUT2D eigenvalue weighted by atomic mass is 32.2. The summed E-state index contributed by atoms with van der Waals surface area (Å²) >= 11 is 0. The lowest BCUT2D eigenvalue weighted by molar-refractivity contribution is 0.526. The van der Waals surface area contributed by atoms with Crippen LogP contribution in [-0.2, 0) is 9.84 Å². The first-order chi connectivity index (χ1) is 8.88. The summed E-state index contributed by atoms with van der Waals surface area (Å²) < 4.78 is 22.8. The zero-order valence-corrected chi connectivity index (χ0v) is 12.2. The highest BCUT2D eigenvalue weighted by molar-refractivity contribution is 7.90. The summed E-state index contributed by atoms with van der Waals surface area (Å²) in [5.74, 6) is 0. The van der Waals surface area contributed by atoms with Crippen molar-refractivity contribution in [3.8, 4) is 0 Å². The van der Waals surface area contributed by atoms with Gasteiger partial charge in [0.05, 0.1) is 4.90 Å². The zero-order valence-electron chi connectivity index (χ0n) is 11.4. The lowest BCUT2D eigenvalue weighted by Crippen LogP contribution is -2.11. The molecule has 1 aromatic rings. The molecule has 0 fully saturated rings. The summed E-state index contributed by atoms with van der Waals surface area (Å²) in [6.45, 7) is 0. The highest BCUT2D eigenvalue weighted by Crippen LogP contribution is 2.27. The van der Waals surface area contributed by atoms with Crippen LogP contribution in [0.25, 0.3) is 5.57 Å². The topological polar surface area (TPSA) is 37.4 Å². The number of nitrogens with zero attached hydrogens (tertiary/aromatic N) is 1. The van der Waals surface area contributed by atoms with Gasteiger partial charge in [0.15, 0.2) is 9.84 Å². The quantitative estimate of drug-likeness (QED) is 0.851. The van der Waals surface area contributed by atoms with Crippen LogP contribution >= 0.6 is 0 Å². The van der Waals surface area contributed by atoms with E-state index in [2.05, 4.69) is 23.5 Å². The van der Waals surface area contributed by atoms with E-state index in [1.807, 2.05) is 26.2 Å². The Balaban J connectivity index is 2.31. The summed E-state index contributed by atoms with van der Waals surface area (Å²) in [6.07, 6.45) is 8.53. The van der Waals surface area contributed by atoms with Gasteiger partial charge in [0.1, 0.15) is 0 Å². The fraction of sp³-hybridized carbons (Fsp3) is 0.267. The normalized spacial score (nSPS) is 15.7. The van der Waals surface area contributed by atoms with Gasteiger partial charge in [0.25, 0.3) is 0 Å². The lowest BCUT2D eigenvalue weighted by atomic mass is 9.96.